The highest BCUT2D eigenvalue weighted by Gasteiger charge is 2.06. The normalized spacial score (nSPS) is 10.2. The molecule has 0 aliphatic heterocycles. The highest BCUT2D eigenvalue weighted by Crippen LogP contribution is 2.20. The third-order valence-electron chi connectivity index (χ3n) is 1.95. The van der Waals surface area contributed by atoms with Gasteiger partial charge in [-0.15, -0.1) is 0 Å². The highest BCUT2D eigenvalue weighted by atomic mass is 19.1. The molecular formula is C10H8FN3O. The summed E-state index contributed by atoms with van der Waals surface area (Å²) in [5, 5.41) is 0. The van der Waals surface area contributed by atoms with Crippen molar-refractivity contribution in [3.05, 3.63) is 46.8 Å². The summed E-state index contributed by atoms with van der Waals surface area (Å²) in [4.78, 5) is 17.2. The molecule has 0 saturated carbocycles. The van der Waals surface area contributed by atoms with Gasteiger partial charge in [0.2, 0.25) is 0 Å². The highest BCUT2D eigenvalue weighted by molar-refractivity contribution is 5.62. The fraction of sp³-hybridized carbons (Fsp3) is 0. The molecule has 2 aromatic rings. The van der Waals surface area contributed by atoms with Gasteiger partial charge in [-0.05, 0) is 18.2 Å². The van der Waals surface area contributed by atoms with E-state index < -0.39 is 5.82 Å². The van der Waals surface area contributed by atoms with E-state index in [9.17, 15) is 9.18 Å². The zero-order valence-electron chi connectivity index (χ0n) is 7.70. The summed E-state index contributed by atoms with van der Waals surface area (Å²) in [5.74, 6) is -0.492. The van der Waals surface area contributed by atoms with Crippen LogP contribution in [0, 0.1) is 5.82 Å². The van der Waals surface area contributed by atoms with Crippen molar-refractivity contribution in [2.24, 2.45) is 0 Å². The third-order valence-corrected chi connectivity index (χ3v) is 1.95. The van der Waals surface area contributed by atoms with E-state index in [1.54, 1.807) is 6.07 Å². The van der Waals surface area contributed by atoms with E-state index in [1.165, 1.54) is 24.5 Å². The van der Waals surface area contributed by atoms with Gasteiger partial charge in [-0.1, -0.05) is 0 Å². The first kappa shape index (κ1) is 9.39. The lowest BCUT2D eigenvalue weighted by Crippen LogP contribution is -2.05. The van der Waals surface area contributed by atoms with Gasteiger partial charge in [-0.25, -0.2) is 9.37 Å². The van der Waals surface area contributed by atoms with Crippen LogP contribution in [0.2, 0.25) is 0 Å². The van der Waals surface area contributed by atoms with E-state index in [0.717, 1.165) is 0 Å². The number of hydrogen-bond acceptors (Lipinski definition) is 3. The lowest BCUT2D eigenvalue weighted by Gasteiger charge is -2.02. The maximum absolute atomic E-state index is 13.4. The molecular weight excluding hydrogens is 197 g/mol. The summed E-state index contributed by atoms with van der Waals surface area (Å²) < 4.78 is 13.4. The molecule has 1 aromatic heterocycles. The van der Waals surface area contributed by atoms with Crippen molar-refractivity contribution in [2.45, 2.75) is 0 Å². The number of aromatic nitrogens is 2. The van der Waals surface area contributed by atoms with Crippen molar-refractivity contribution in [2.75, 3.05) is 5.73 Å². The SMILES string of the molecule is Nc1ccc(-c2cc(=O)[nH]cn2)c(F)c1. The Morgan fingerprint density at radius 3 is 2.80 bits per heavy atom. The minimum atomic E-state index is -0.492. The first-order valence-electron chi connectivity index (χ1n) is 4.27. The standard InChI is InChI=1S/C10H8FN3O/c11-8-3-6(12)1-2-7(8)9-4-10(15)14-5-13-9/h1-5H,12H2,(H,13,14,15). The summed E-state index contributed by atoms with van der Waals surface area (Å²) >= 11 is 0. The number of nitrogens with zero attached hydrogens (tertiary/aromatic N) is 1. The Hall–Kier alpha value is -2.17. The molecule has 0 saturated heterocycles. The molecule has 0 aliphatic rings. The lowest BCUT2D eigenvalue weighted by atomic mass is 10.1. The van der Waals surface area contributed by atoms with Gasteiger partial charge >= 0.3 is 0 Å². The van der Waals surface area contributed by atoms with Crippen LogP contribution in [-0.2, 0) is 0 Å². The van der Waals surface area contributed by atoms with Crippen LogP contribution in [0.4, 0.5) is 10.1 Å². The second-order valence-electron chi connectivity index (χ2n) is 3.04. The predicted octanol–water partition coefficient (Wildman–Crippen LogP) is 1.16. The lowest BCUT2D eigenvalue weighted by molar-refractivity contribution is 0.631. The van der Waals surface area contributed by atoms with Crippen LogP contribution < -0.4 is 11.3 Å². The number of anilines is 1. The second kappa shape index (κ2) is 3.53. The minimum Gasteiger partial charge on any atom is -0.399 e. The van der Waals surface area contributed by atoms with Crippen molar-refractivity contribution < 1.29 is 4.39 Å². The Morgan fingerprint density at radius 2 is 2.13 bits per heavy atom. The van der Waals surface area contributed by atoms with Crippen molar-refractivity contribution in [3.63, 3.8) is 0 Å². The third kappa shape index (κ3) is 1.85. The molecule has 2 rings (SSSR count). The van der Waals surface area contributed by atoms with Crippen molar-refractivity contribution >= 4 is 5.69 Å². The largest absolute Gasteiger partial charge is 0.399 e. The van der Waals surface area contributed by atoms with Gasteiger partial charge in [0.15, 0.2) is 0 Å². The molecule has 0 unspecified atom stereocenters. The van der Waals surface area contributed by atoms with Crippen molar-refractivity contribution in [1.82, 2.24) is 9.97 Å². The van der Waals surface area contributed by atoms with Crippen molar-refractivity contribution in [1.29, 1.82) is 0 Å². The van der Waals surface area contributed by atoms with Gasteiger partial charge in [-0.2, -0.15) is 0 Å². The molecule has 1 aromatic carbocycles. The summed E-state index contributed by atoms with van der Waals surface area (Å²) in [5.41, 5.74) is 5.97. The maximum Gasteiger partial charge on any atom is 0.251 e. The zero-order valence-corrected chi connectivity index (χ0v) is 7.70. The van der Waals surface area contributed by atoms with Crippen LogP contribution in [0.15, 0.2) is 35.4 Å². The first-order chi connectivity index (χ1) is 7.16. The number of nitrogen functional groups attached to an aromatic ring is 1. The quantitative estimate of drug-likeness (QED) is 0.686. The van der Waals surface area contributed by atoms with E-state index in [2.05, 4.69) is 9.97 Å². The average molecular weight is 205 g/mol. The number of aromatic amines is 1. The van der Waals surface area contributed by atoms with E-state index in [4.69, 9.17) is 5.73 Å². The first-order valence-corrected chi connectivity index (χ1v) is 4.27. The molecule has 0 aliphatic carbocycles. The monoisotopic (exact) mass is 205 g/mol. The molecule has 0 fully saturated rings. The average Bonchev–Trinajstić information content (AvgIpc) is 2.17. The molecule has 0 spiro atoms. The molecule has 0 radical (unpaired) electrons. The van der Waals surface area contributed by atoms with E-state index in [-0.39, 0.29) is 16.8 Å². The molecule has 3 N–H and O–H groups in total. The summed E-state index contributed by atoms with van der Waals surface area (Å²) in [6.45, 7) is 0. The number of halogens is 1. The summed E-state index contributed by atoms with van der Waals surface area (Å²) in [7, 11) is 0. The smallest absolute Gasteiger partial charge is 0.251 e. The number of H-pyrrole nitrogens is 1. The zero-order chi connectivity index (χ0) is 10.8. The predicted molar refractivity (Wildman–Crippen MR) is 54.7 cm³/mol. The summed E-state index contributed by atoms with van der Waals surface area (Å²) in [6, 6.07) is 5.47. The number of nitrogens with one attached hydrogen (secondary N) is 1. The molecule has 76 valence electrons. The molecule has 1 heterocycles. The molecule has 15 heavy (non-hydrogen) atoms. The number of rotatable bonds is 1. The van der Waals surface area contributed by atoms with Crippen molar-refractivity contribution in [3.8, 4) is 11.3 Å². The molecule has 4 nitrogen and oxygen atoms in total. The van der Waals surface area contributed by atoms with Crippen LogP contribution >= 0.6 is 0 Å². The maximum atomic E-state index is 13.4. The van der Waals surface area contributed by atoms with Gasteiger partial charge < -0.3 is 10.7 Å². The second-order valence-corrected chi connectivity index (χ2v) is 3.04. The number of nitrogens with two attached hydrogens (primary N) is 1. The molecule has 5 heteroatoms. The van der Waals surface area contributed by atoms with Gasteiger partial charge in [0, 0.05) is 17.3 Å². The Bertz CT molecular complexity index is 550. The topological polar surface area (TPSA) is 71.8 Å². The van der Waals surface area contributed by atoms with E-state index in [1.807, 2.05) is 0 Å². The van der Waals surface area contributed by atoms with Crippen LogP contribution in [0.1, 0.15) is 0 Å². The van der Waals surface area contributed by atoms with Crippen LogP contribution in [-0.4, -0.2) is 9.97 Å². The minimum absolute atomic E-state index is 0.260. The summed E-state index contributed by atoms with van der Waals surface area (Å²) in [6.07, 6.45) is 1.23. The molecule has 0 bridgehead atoms. The number of hydrogen-bond donors (Lipinski definition) is 2. The fourth-order valence-electron chi connectivity index (χ4n) is 1.25. The van der Waals surface area contributed by atoms with Crippen LogP contribution in [0.5, 0.6) is 0 Å². The fourth-order valence-corrected chi connectivity index (χ4v) is 1.25. The molecule has 0 amide bonds. The Balaban J connectivity index is 2.59. The Morgan fingerprint density at radius 1 is 1.33 bits per heavy atom. The van der Waals surface area contributed by atoms with Crippen LogP contribution in [0.3, 0.4) is 0 Å². The van der Waals surface area contributed by atoms with E-state index >= 15 is 0 Å². The van der Waals surface area contributed by atoms with E-state index in [0.29, 0.717) is 5.69 Å². The van der Waals surface area contributed by atoms with Gasteiger partial charge in [0.05, 0.1) is 12.0 Å². The van der Waals surface area contributed by atoms with Gasteiger partial charge in [-0.3, -0.25) is 4.79 Å². The Labute approximate surface area is 84.6 Å². The molecule has 0 atom stereocenters. The number of benzene rings is 1. The van der Waals surface area contributed by atoms with Gasteiger partial charge in [0.25, 0.3) is 5.56 Å². The van der Waals surface area contributed by atoms with Crippen LogP contribution in [0.25, 0.3) is 11.3 Å². The Kier molecular flexibility index (Phi) is 2.21. The van der Waals surface area contributed by atoms with Gasteiger partial charge in [0.1, 0.15) is 5.82 Å².